The molecule has 0 aliphatic carbocycles. The molecule has 0 bridgehead atoms. The minimum Gasteiger partial charge on any atom is -0.478 e. The maximum absolute atomic E-state index is 12.0. The van der Waals surface area contributed by atoms with Crippen LogP contribution in [0.4, 0.5) is 0 Å². The minimum absolute atomic E-state index is 0.00411. The second-order valence-corrected chi connectivity index (χ2v) is 5.74. The maximum Gasteiger partial charge on any atom is 0.339 e. The maximum atomic E-state index is 12.0. The topological polar surface area (TPSA) is 118 Å². The first-order valence-electron chi connectivity index (χ1n) is 5.91. The van der Waals surface area contributed by atoms with E-state index >= 15 is 0 Å². The lowest BCUT2D eigenvalue weighted by atomic mass is 10.2. The van der Waals surface area contributed by atoms with E-state index < -0.39 is 22.1 Å². The summed E-state index contributed by atoms with van der Waals surface area (Å²) in [6.07, 6.45) is 0. The van der Waals surface area contributed by atoms with E-state index in [4.69, 9.17) is 14.4 Å². The van der Waals surface area contributed by atoms with Crippen molar-refractivity contribution in [2.75, 3.05) is 0 Å². The Morgan fingerprint density at radius 3 is 1.59 bits per heavy atom. The van der Waals surface area contributed by atoms with Crippen LogP contribution in [0.1, 0.15) is 20.7 Å². The molecule has 2 aromatic rings. The van der Waals surface area contributed by atoms with Crippen LogP contribution in [0, 0.1) is 0 Å². The Bertz CT molecular complexity index is 805. The van der Waals surface area contributed by atoms with Crippen molar-refractivity contribution in [3.63, 3.8) is 0 Å². The van der Waals surface area contributed by atoms with Crippen molar-refractivity contribution in [1.82, 2.24) is 0 Å². The Balaban J connectivity index is 2.23. The van der Waals surface area contributed by atoms with Gasteiger partial charge in [0.15, 0.2) is 0 Å². The lowest BCUT2D eigenvalue weighted by molar-refractivity contribution is 0.0686. The number of benzene rings is 2. The molecule has 0 aromatic heterocycles. The number of carboxylic acids is 2. The van der Waals surface area contributed by atoms with E-state index in [9.17, 15) is 18.0 Å². The molecule has 0 radical (unpaired) electrons. The summed E-state index contributed by atoms with van der Waals surface area (Å²) in [6, 6.07) is 9.37. The standard InChI is InChI=1S/C14H10O7S/c15-13(16)9-1-5-11(6-2-9)21-22(19,20)12-7-3-10(4-8-12)14(17)18/h1-8H,(H,15,16)(H,17,18). The first-order valence-corrected chi connectivity index (χ1v) is 7.31. The van der Waals surface area contributed by atoms with Gasteiger partial charge in [0.2, 0.25) is 0 Å². The molecule has 0 saturated carbocycles. The average molecular weight is 322 g/mol. The van der Waals surface area contributed by atoms with E-state index in [-0.39, 0.29) is 21.8 Å². The van der Waals surface area contributed by atoms with E-state index in [1.54, 1.807) is 0 Å². The molecule has 2 rings (SSSR count). The molecule has 0 saturated heterocycles. The Kier molecular flexibility index (Phi) is 4.13. The zero-order chi connectivity index (χ0) is 16.3. The van der Waals surface area contributed by atoms with Gasteiger partial charge >= 0.3 is 22.1 Å². The van der Waals surface area contributed by atoms with Crippen LogP contribution in [0.5, 0.6) is 5.75 Å². The second kappa shape index (κ2) is 5.86. The molecule has 2 N–H and O–H groups in total. The van der Waals surface area contributed by atoms with E-state index in [0.717, 1.165) is 24.3 Å². The van der Waals surface area contributed by atoms with E-state index in [0.29, 0.717) is 0 Å². The molecule has 22 heavy (non-hydrogen) atoms. The molecule has 0 aliphatic rings. The Morgan fingerprint density at radius 2 is 1.18 bits per heavy atom. The first-order chi connectivity index (χ1) is 10.3. The van der Waals surface area contributed by atoms with Gasteiger partial charge in [0.25, 0.3) is 0 Å². The van der Waals surface area contributed by atoms with Crippen molar-refractivity contribution in [1.29, 1.82) is 0 Å². The summed E-state index contributed by atoms with van der Waals surface area (Å²) < 4.78 is 28.9. The minimum atomic E-state index is -4.13. The summed E-state index contributed by atoms with van der Waals surface area (Å²) in [4.78, 5) is 21.2. The monoisotopic (exact) mass is 322 g/mol. The summed E-state index contributed by atoms with van der Waals surface area (Å²) in [5.41, 5.74) is -0.0553. The largest absolute Gasteiger partial charge is 0.478 e. The van der Waals surface area contributed by atoms with Crippen LogP contribution in [-0.4, -0.2) is 30.6 Å². The van der Waals surface area contributed by atoms with Crippen molar-refractivity contribution in [2.24, 2.45) is 0 Å². The highest BCUT2D eigenvalue weighted by Gasteiger charge is 2.17. The van der Waals surface area contributed by atoms with Crippen LogP contribution < -0.4 is 4.18 Å². The predicted octanol–water partition coefficient (Wildman–Crippen LogP) is 1.85. The lowest BCUT2D eigenvalue weighted by Gasteiger charge is -2.07. The van der Waals surface area contributed by atoms with Crippen LogP contribution in [-0.2, 0) is 10.1 Å². The number of hydrogen-bond donors (Lipinski definition) is 2. The van der Waals surface area contributed by atoms with Gasteiger partial charge in [-0.25, -0.2) is 9.59 Å². The molecule has 0 atom stereocenters. The molecule has 0 fully saturated rings. The summed E-state index contributed by atoms with van der Waals surface area (Å²) >= 11 is 0. The van der Waals surface area contributed by atoms with Gasteiger partial charge in [-0.05, 0) is 48.5 Å². The lowest BCUT2D eigenvalue weighted by Crippen LogP contribution is -2.10. The fourth-order valence-corrected chi connectivity index (χ4v) is 2.52. The molecule has 0 spiro atoms. The highest BCUT2D eigenvalue weighted by atomic mass is 32.2. The number of carboxylic acid groups (broad SMARTS) is 2. The van der Waals surface area contributed by atoms with Gasteiger partial charge < -0.3 is 14.4 Å². The zero-order valence-electron chi connectivity index (χ0n) is 11.0. The normalized spacial score (nSPS) is 10.9. The van der Waals surface area contributed by atoms with Gasteiger partial charge in [0.05, 0.1) is 11.1 Å². The molecule has 114 valence electrons. The third-order valence-electron chi connectivity index (χ3n) is 2.70. The van der Waals surface area contributed by atoms with Crippen molar-refractivity contribution < 1.29 is 32.4 Å². The Hall–Kier alpha value is -2.87. The van der Waals surface area contributed by atoms with Crippen LogP contribution in [0.3, 0.4) is 0 Å². The van der Waals surface area contributed by atoms with Gasteiger partial charge in [0.1, 0.15) is 10.6 Å². The summed E-state index contributed by atoms with van der Waals surface area (Å²) in [5, 5.41) is 17.5. The molecular weight excluding hydrogens is 312 g/mol. The van der Waals surface area contributed by atoms with Crippen molar-refractivity contribution in [2.45, 2.75) is 4.90 Å². The average Bonchev–Trinajstić information content (AvgIpc) is 2.47. The Morgan fingerprint density at radius 1 is 0.773 bits per heavy atom. The van der Waals surface area contributed by atoms with Crippen LogP contribution >= 0.6 is 0 Å². The van der Waals surface area contributed by atoms with Crippen LogP contribution in [0.2, 0.25) is 0 Å². The van der Waals surface area contributed by atoms with Crippen LogP contribution in [0.25, 0.3) is 0 Å². The first kappa shape index (κ1) is 15.5. The second-order valence-electron chi connectivity index (χ2n) is 4.20. The van der Waals surface area contributed by atoms with Gasteiger partial charge in [0, 0.05) is 0 Å². The fourth-order valence-electron chi connectivity index (χ4n) is 1.59. The summed E-state index contributed by atoms with van der Waals surface area (Å²) in [7, 11) is -4.13. The predicted molar refractivity (Wildman–Crippen MR) is 74.6 cm³/mol. The molecular formula is C14H10O7S. The van der Waals surface area contributed by atoms with Gasteiger partial charge in [-0.3, -0.25) is 0 Å². The van der Waals surface area contributed by atoms with Crippen molar-refractivity contribution in [3.05, 3.63) is 59.7 Å². The molecule has 0 unspecified atom stereocenters. The third kappa shape index (κ3) is 3.41. The van der Waals surface area contributed by atoms with Gasteiger partial charge in [-0.1, -0.05) is 0 Å². The SMILES string of the molecule is O=C(O)c1ccc(OS(=O)(=O)c2ccc(C(=O)O)cc2)cc1. The van der Waals surface area contributed by atoms with Gasteiger partial charge in [-0.2, -0.15) is 8.42 Å². The highest BCUT2D eigenvalue weighted by molar-refractivity contribution is 7.87. The Labute approximate surface area is 125 Å². The number of aromatic carboxylic acids is 2. The molecule has 0 aliphatic heterocycles. The molecule has 2 aromatic carbocycles. The number of carbonyl (C=O) groups is 2. The van der Waals surface area contributed by atoms with E-state index in [1.807, 2.05) is 0 Å². The van der Waals surface area contributed by atoms with E-state index in [2.05, 4.69) is 0 Å². The molecule has 0 amide bonds. The highest BCUT2D eigenvalue weighted by Crippen LogP contribution is 2.19. The summed E-state index contributed by atoms with van der Waals surface area (Å²) in [6.45, 7) is 0. The zero-order valence-corrected chi connectivity index (χ0v) is 11.8. The smallest absolute Gasteiger partial charge is 0.339 e. The third-order valence-corrected chi connectivity index (χ3v) is 3.96. The number of hydrogen-bond acceptors (Lipinski definition) is 5. The van der Waals surface area contributed by atoms with Crippen LogP contribution in [0.15, 0.2) is 53.4 Å². The van der Waals surface area contributed by atoms with E-state index in [1.165, 1.54) is 24.3 Å². The van der Waals surface area contributed by atoms with Crippen molar-refractivity contribution >= 4 is 22.1 Å². The van der Waals surface area contributed by atoms with Gasteiger partial charge in [-0.15, -0.1) is 0 Å². The fraction of sp³-hybridized carbons (Fsp3) is 0. The summed E-state index contributed by atoms with van der Waals surface area (Å²) in [5.74, 6) is -2.36. The molecule has 8 heteroatoms. The quantitative estimate of drug-likeness (QED) is 0.806. The number of rotatable bonds is 5. The molecule has 7 nitrogen and oxygen atoms in total. The van der Waals surface area contributed by atoms with Crippen molar-refractivity contribution in [3.8, 4) is 5.75 Å². The molecule has 0 heterocycles.